The molecule has 0 aromatic heterocycles. The monoisotopic (exact) mass is 331 g/mol. The molecule has 1 amide bonds. The van der Waals surface area contributed by atoms with Gasteiger partial charge in [-0.15, -0.1) is 0 Å². The third kappa shape index (κ3) is 4.33. The summed E-state index contributed by atoms with van der Waals surface area (Å²) in [4.78, 5) is 23.2. The highest BCUT2D eigenvalue weighted by atomic mass is 35.5. The zero-order valence-corrected chi connectivity index (χ0v) is 12.7. The lowest BCUT2D eigenvalue weighted by Crippen LogP contribution is -2.46. The van der Waals surface area contributed by atoms with E-state index in [2.05, 4.69) is 5.32 Å². The normalized spacial score (nSPS) is 19.2. The van der Waals surface area contributed by atoms with E-state index in [0.29, 0.717) is 28.6 Å². The third-order valence-corrected chi connectivity index (χ3v) is 3.86. The van der Waals surface area contributed by atoms with E-state index in [9.17, 15) is 14.7 Å². The second-order valence-electron chi connectivity index (χ2n) is 4.84. The number of amides is 1. The largest absolute Gasteiger partial charge is 0.480 e. The number of hydrogen-bond donors (Lipinski definition) is 2. The summed E-state index contributed by atoms with van der Waals surface area (Å²) >= 11 is 11.8. The molecule has 0 radical (unpaired) electrons. The van der Waals surface area contributed by atoms with E-state index in [1.54, 1.807) is 18.2 Å². The van der Waals surface area contributed by atoms with Crippen molar-refractivity contribution < 1.29 is 19.4 Å². The molecule has 7 heteroatoms. The van der Waals surface area contributed by atoms with Crippen LogP contribution in [0.4, 0.5) is 0 Å². The molecule has 1 aliphatic heterocycles. The summed E-state index contributed by atoms with van der Waals surface area (Å²) in [5.41, 5.74) is 0.612. The Bertz CT molecular complexity index is 544. The van der Waals surface area contributed by atoms with E-state index < -0.39 is 24.0 Å². The number of aliphatic carboxylic acids is 1. The number of halogens is 2. The van der Waals surface area contributed by atoms with Crippen molar-refractivity contribution in [2.75, 3.05) is 6.61 Å². The van der Waals surface area contributed by atoms with E-state index in [1.165, 1.54) is 0 Å². The van der Waals surface area contributed by atoms with Crippen LogP contribution in [0.5, 0.6) is 0 Å². The Kier molecular flexibility index (Phi) is 5.45. The van der Waals surface area contributed by atoms with E-state index in [0.717, 1.165) is 6.42 Å². The quantitative estimate of drug-likeness (QED) is 0.867. The van der Waals surface area contributed by atoms with Gasteiger partial charge in [0, 0.05) is 23.1 Å². The molecule has 0 unspecified atom stereocenters. The van der Waals surface area contributed by atoms with Crippen molar-refractivity contribution >= 4 is 35.1 Å². The number of benzene rings is 1. The number of carboxylic acid groups (broad SMARTS) is 1. The Morgan fingerprint density at radius 2 is 2.19 bits per heavy atom. The van der Waals surface area contributed by atoms with E-state index in [4.69, 9.17) is 27.9 Å². The lowest BCUT2D eigenvalue weighted by molar-refractivity contribution is -0.143. The second-order valence-corrected chi connectivity index (χ2v) is 5.68. The molecule has 0 spiro atoms. The lowest BCUT2D eigenvalue weighted by Gasteiger charge is -2.17. The first-order chi connectivity index (χ1) is 9.97. The minimum absolute atomic E-state index is 0.0871. The van der Waals surface area contributed by atoms with Gasteiger partial charge in [0.1, 0.15) is 12.1 Å². The summed E-state index contributed by atoms with van der Waals surface area (Å²) in [5.74, 6) is -1.52. The third-order valence-electron chi connectivity index (χ3n) is 3.28. The molecule has 2 N–H and O–H groups in total. The Morgan fingerprint density at radius 3 is 2.76 bits per heavy atom. The van der Waals surface area contributed by atoms with Crippen LogP contribution in [0.25, 0.3) is 0 Å². The molecule has 0 saturated carbocycles. The fourth-order valence-electron chi connectivity index (χ4n) is 2.16. The molecule has 1 aromatic carbocycles. The Balaban J connectivity index is 2.04. The molecule has 21 heavy (non-hydrogen) atoms. The predicted molar refractivity (Wildman–Crippen MR) is 78.7 cm³/mol. The molecule has 1 aliphatic rings. The number of carbonyl (C=O) groups excluding carboxylic acids is 1. The van der Waals surface area contributed by atoms with Crippen LogP contribution in [0.1, 0.15) is 18.4 Å². The molecule has 1 saturated heterocycles. The van der Waals surface area contributed by atoms with E-state index in [1.807, 2.05) is 0 Å². The molecule has 1 fully saturated rings. The van der Waals surface area contributed by atoms with Gasteiger partial charge in [-0.05, 0) is 30.5 Å². The number of hydrogen-bond acceptors (Lipinski definition) is 3. The van der Waals surface area contributed by atoms with Crippen molar-refractivity contribution in [3.05, 3.63) is 33.8 Å². The van der Waals surface area contributed by atoms with Crippen molar-refractivity contribution in [2.45, 2.75) is 31.4 Å². The summed E-state index contributed by atoms with van der Waals surface area (Å²) in [7, 11) is 0. The summed E-state index contributed by atoms with van der Waals surface area (Å²) in [6.45, 7) is 0.527. The summed E-state index contributed by atoms with van der Waals surface area (Å²) in [6, 6.07) is 3.77. The number of ether oxygens (including phenoxy) is 1. The molecular weight excluding hydrogens is 317 g/mol. The van der Waals surface area contributed by atoms with Crippen molar-refractivity contribution in [3.8, 4) is 0 Å². The predicted octanol–water partition coefficient (Wildman–Crippen LogP) is 2.28. The number of rotatable bonds is 5. The zero-order valence-electron chi connectivity index (χ0n) is 11.1. The summed E-state index contributed by atoms with van der Waals surface area (Å²) in [6.07, 6.45) is 0.940. The highest BCUT2D eigenvalue weighted by Gasteiger charge is 2.28. The van der Waals surface area contributed by atoms with Gasteiger partial charge in [0.25, 0.3) is 0 Å². The van der Waals surface area contributed by atoms with Gasteiger partial charge in [-0.25, -0.2) is 4.79 Å². The van der Waals surface area contributed by atoms with Gasteiger partial charge in [-0.1, -0.05) is 29.3 Å². The molecule has 114 valence electrons. The van der Waals surface area contributed by atoms with Crippen LogP contribution in [0.3, 0.4) is 0 Å². The van der Waals surface area contributed by atoms with Crippen LogP contribution in [-0.4, -0.2) is 35.7 Å². The minimum atomic E-state index is -1.12. The topological polar surface area (TPSA) is 75.6 Å². The minimum Gasteiger partial charge on any atom is -0.480 e. The lowest BCUT2D eigenvalue weighted by atomic mass is 10.1. The molecule has 2 atom stereocenters. The summed E-state index contributed by atoms with van der Waals surface area (Å²) < 4.78 is 5.24. The van der Waals surface area contributed by atoms with Crippen molar-refractivity contribution in [2.24, 2.45) is 0 Å². The molecule has 1 heterocycles. The standard InChI is InChI=1S/C14H15Cl2NO4/c15-9-4-3-8(10(16)7-9)6-11(14(19)20)17-13(18)12-2-1-5-21-12/h3-4,7,11-12H,1-2,5-6H2,(H,17,18)(H,19,20)/t11-,12+/m1/s1. The first-order valence-corrected chi connectivity index (χ1v) is 7.31. The first-order valence-electron chi connectivity index (χ1n) is 6.56. The average Bonchev–Trinajstić information content (AvgIpc) is 2.94. The molecule has 5 nitrogen and oxygen atoms in total. The van der Waals surface area contributed by atoms with Crippen LogP contribution in [0, 0.1) is 0 Å². The second kappa shape index (κ2) is 7.11. The maximum absolute atomic E-state index is 11.9. The average molecular weight is 332 g/mol. The first kappa shape index (κ1) is 16.1. The fourth-order valence-corrected chi connectivity index (χ4v) is 2.64. The maximum atomic E-state index is 11.9. The van der Waals surface area contributed by atoms with Gasteiger partial charge >= 0.3 is 5.97 Å². The number of carboxylic acids is 1. The number of nitrogens with one attached hydrogen (secondary N) is 1. The van der Waals surface area contributed by atoms with Crippen LogP contribution in [0.2, 0.25) is 10.0 Å². The Morgan fingerprint density at radius 1 is 1.43 bits per heavy atom. The van der Waals surface area contributed by atoms with Crippen LogP contribution >= 0.6 is 23.2 Å². The van der Waals surface area contributed by atoms with Crippen molar-refractivity contribution in [1.82, 2.24) is 5.32 Å². The number of carbonyl (C=O) groups is 2. The van der Waals surface area contributed by atoms with Crippen LogP contribution in [0.15, 0.2) is 18.2 Å². The molecular formula is C14H15Cl2NO4. The van der Waals surface area contributed by atoms with Crippen LogP contribution in [-0.2, 0) is 20.7 Å². The van der Waals surface area contributed by atoms with Gasteiger partial charge in [0.05, 0.1) is 0 Å². The summed E-state index contributed by atoms with van der Waals surface area (Å²) in [5, 5.41) is 12.6. The fraction of sp³-hybridized carbons (Fsp3) is 0.429. The van der Waals surface area contributed by atoms with Gasteiger partial charge in [0.2, 0.25) is 5.91 Å². The van der Waals surface area contributed by atoms with Crippen molar-refractivity contribution in [3.63, 3.8) is 0 Å². The Labute approximate surface area is 132 Å². The molecule has 0 aliphatic carbocycles. The van der Waals surface area contributed by atoms with E-state index in [-0.39, 0.29) is 6.42 Å². The smallest absolute Gasteiger partial charge is 0.326 e. The van der Waals surface area contributed by atoms with Gasteiger partial charge < -0.3 is 15.2 Å². The molecule has 1 aromatic rings. The highest BCUT2D eigenvalue weighted by Crippen LogP contribution is 2.22. The molecule has 2 rings (SSSR count). The van der Waals surface area contributed by atoms with Crippen LogP contribution < -0.4 is 5.32 Å². The van der Waals surface area contributed by atoms with Gasteiger partial charge in [-0.3, -0.25) is 4.79 Å². The SMILES string of the molecule is O=C(N[C@H](Cc1ccc(Cl)cc1Cl)C(=O)O)[C@@H]1CCCO1. The maximum Gasteiger partial charge on any atom is 0.326 e. The zero-order chi connectivity index (χ0) is 15.4. The molecule has 0 bridgehead atoms. The van der Waals surface area contributed by atoms with E-state index >= 15 is 0 Å². The van der Waals surface area contributed by atoms with Gasteiger partial charge in [0.15, 0.2) is 0 Å². The highest BCUT2D eigenvalue weighted by molar-refractivity contribution is 6.35. The Hall–Kier alpha value is -1.30. The van der Waals surface area contributed by atoms with Crippen molar-refractivity contribution in [1.29, 1.82) is 0 Å². The van der Waals surface area contributed by atoms with Gasteiger partial charge in [-0.2, -0.15) is 0 Å².